The van der Waals surface area contributed by atoms with Crippen LogP contribution in [0.1, 0.15) is 23.7 Å². The molecule has 0 bridgehead atoms. The van der Waals surface area contributed by atoms with Gasteiger partial charge < -0.3 is 0 Å². The molecule has 0 aliphatic heterocycles. The summed E-state index contributed by atoms with van der Waals surface area (Å²) in [6.45, 7) is 1.89. The first kappa shape index (κ1) is 10.6. The lowest BCUT2D eigenvalue weighted by Crippen LogP contribution is -2.15. The van der Waals surface area contributed by atoms with Crippen LogP contribution in [-0.2, 0) is 4.79 Å². The standard InChI is InChI=1S/C14H12O2/c1-10-7-8-12(13(15)9-10)14(16)11-5-3-2-4-6-11/h2-8H,9H2,1H3. The fourth-order valence-electron chi connectivity index (χ4n) is 1.67. The molecular formula is C14H12O2. The average Bonchev–Trinajstić information content (AvgIpc) is 2.29. The van der Waals surface area contributed by atoms with Gasteiger partial charge in [0.1, 0.15) is 0 Å². The second-order valence-electron chi connectivity index (χ2n) is 3.89. The number of hydrogen-bond acceptors (Lipinski definition) is 2. The Labute approximate surface area is 94.3 Å². The zero-order valence-electron chi connectivity index (χ0n) is 9.07. The van der Waals surface area contributed by atoms with Gasteiger partial charge in [-0.15, -0.1) is 0 Å². The molecule has 0 amide bonds. The second kappa shape index (κ2) is 4.27. The highest BCUT2D eigenvalue weighted by Crippen LogP contribution is 2.18. The highest BCUT2D eigenvalue weighted by atomic mass is 16.1. The fourth-order valence-corrected chi connectivity index (χ4v) is 1.67. The molecule has 0 unspecified atom stereocenters. The van der Waals surface area contributed by atoms with Gasteiger partial charge in [0.2, 0.25) is 0 Å². The van der Waals surface area contributed by atoms with Crippen molar-refractivity contribution in [2.45, 2.75) is 13.3 Å². The van der Waals surface area contributed by atoms with Gasteiger partial charge in [-0.2, -0.15) is 0 Å². The number of ketones is 2. The van der Waals surface area contributed by atoms with Gasteiger partial charge in [-0.25, -0.2) is 0 Å². The highest BCUT2D eigenvalue weighted by Gasteiger charge is 2.21. The first-order valence-corrected chi connectivity index (χ1v) is 5.19. The summed E-state index contributed by atoms with van der Waals surface area (Å²) in [6, 6.07) is 8.88. The van der Waals surface area contributed by atoms with E-state index in [0.717, 1.165) is 5.57 Å². The smallest absolute Gasteiger partial charge is 0.196 e. The third-order valence-electron chi connectivity index (χ3n) is 2.55. The number of carbonyl (C=O) groups is 2. The Morgan fingerprint density at radius 3 is 2.44 bits per heavy atom. The molecule has 2 heteroatoms. The van der Waals surface area contributed by atoms with E-state index in [9.17, 15) is 9.59 Å². The minimum absolute atomic E-state index is 0.0890. The molecule has 1 aliphatic carbocycles. The lowest BCUT2D eigenvalue weighted by molar-refractivity contribution is -0.114. The zero-order chi connectivity index (χ0) is 11.5. The Kier molecular flexibility index (Phi) is 2.82. The Bertz CT molecular complexity index is 493. The van der Waals surface area contributed by atoms with Crippen molar-refractivity contribution in [3.63, 3.8) is 0 Å². The van der Waals surface area contributed by atoms with Crippen LogP contribution in [0.4, 0.5) is 0 Å². The number of allylic oxidation sites excluding steroid dienone is 4. The monoisotopic (exact) mass is 212 g/mol. The zero-order valence-corrected chi connectivity index (χ0v) is 9.07. The van der Waals surface area contributed by atoms with E-state index in [1.165, 1.54) is 0 Å². The van der Waals surface area contributed by atoms with E-state index in [1.54, 1.807) is 30.3 Å². The van der Waals surface area contributed by atoms with Crippen LogP contribution in [0.5, 0.6) is 0 Å². The maximum atomic E-state index is 12.0. The van der Waals surface area contributed by atoms with Gasteiger partial charge in [0, 0.05) is 12.0 Å². The van der Waals surface area contributed by atoms with E-state index in [2.05, 4.69) is 0 Å². The molecule has 0 N–H and O–H groups in total. The van der Waals surface area contributed by atoms with Crippen LogP contribution in [0.2, 0.25) is 0 Å². The van der Waals surface area contributed by atoms with Crippen LogP contribution in [0, 0.1) is 0 Å². The summed E-state index contributed by atoms with van der Waals surface area (Å²) < 4.78 is 0. The molecule has 0 radical (unpaired) electrons. The average molecular weight is 212 g/mol. The third kappa shape index (κ3) is 2.01. The summed E-state index contributed by atoms with van der Waals surface area (Å²) in [5.41, 5.74) is 1.85. The molecule has 0 atom stereocenters. The quantitative estimate of drug-likeness (QED) is 0.558. The summed E-state index contributed by atoms with van der Waals surface area (Å²) >= 11 is 0. The molecule has 0 spiro atoms. The van der Waals surface area contributed by atoms with Crippen LogP contribution in [0.15, 0.2) is 53.6 Å². The van der Waals surface area contributed by atoms with E-state index in [4.69, 9.17) is 0 Å². The number of carbonyl (C=O) groups excluding carboxylic acids is 2. The van der Waals surface area contributed by atoms with Crippen molar-refractivity contribution < 1.29 is 9.59 Å². The molecule has 0 saturated heterocycles. The number of benzene rings is 1. The van der Waals surface area contributed by atoms with Crippen LogP contribution in [-0.4, -0.2) is 11.6 Å². The van der Waals surface area contributed by atoms with Crippen molar-refractivity contribution in [3.05, 3.63) is 59.2 Å². The molecule has 2 nitrogen and oxygen atoms in total. The third-order valence-corrected chi connectivity index (χ3v) is 2.55. The van der Waals surface area contributed by atoms with Crippen molar-refractivity contribution in [3.8, 4) is 0 Å². The van der Waals surface area contributed by atoms with Gasteiger partial charge in [-0.05, 0) is 13.0 Å². The van der Waals surface area contributed by atoms with Gasteiger partial charge in [-0.3, -0.25) is 9.59 Å². The molecular weight excluding hydrogens is 200 g/mol. The first-order chi connectivity index (χ1) is 7.68. The molecule has 0 aromatic heterocycles. The Morgan fingerprint density at radius 2 is 1.81 bits per heavy atom. The fraction of sp³-hybridized carbons (Fsp3) is 0.143. The maximum Gasteiger partial charge on any atom is 0.196 e. The van der Waals surface area contributed by atoms with E-state index in [-0.39, 0.29) is 17.1 Å². The molecule has 16 heavy (non-hydrogen) atoms. The summed E-state index contributed by atoms with van der Waals surface area (Å²) in [7, 11) is 0. The lowest BCUT2D eigenvalue weighted by atomic mass is 9.92. The van der Waals surface area contributed by atoms with E-state index in [1.807, 2.05) is 19.1 Å². The van der Waals surface area contributed by atoms with Gasteiger partial charge >= 0.3 is 0 Å². The Hall–Kier alpha value is -1.96. The van der Waals surface area contributed by atoms with Crippen LogP contribution in [0.3, 0.4) is 0 Å². The van der Waals surface area contributed by atoms with Crippen molar-refractivity contribution in [2.75, 3.05) is 0 Å². The van der Waals surface area contributed by atoms with Crippen LogP contribution < -0.4 is 0 Å². The van der Waals surface area contributed by atoms with Gasteiger partial charge in [0.05, 0.1) is 5.57 Å². The molecule has 0 saturated carbocycles. The normalized spacial score (nSPS) is 15.4. The molecule has 1 aliphatic rings. The summed E-state index contributed by atoms with van der Waals surface area (Å²) in [6.07, 6.45) is 3.80. The summed E-state index contributed by atoms with van der Waals surface area (Å²) in [4.78, 5) is 23.7. The van der Waals surface area contributed by atoms with Crippen molar-refractivity contribution >= 4 is 11.6 Å². The van der Waals surface area contributed by atoms with E-state index < -0.39 is 0 Å². The molecule has 0 fully saturated rings. The Balaban J connectivity index is 2.33. The number of hydrogen-bond donors (Lipinski definition) is 0. The number of Topliss-reactive ketones (excluding diaryl/α,β-unsaturated/α-hetero) is 2. The molecule has 1 aromatic carbocycles. The first-order valence-electron chi connectivity index (χ1n) is 5.19. The highest BCUT2D eigenvalue weighted by molar-refractivity contribution is 6.27. The summed E-state index contributed by atoms with van der Waals surface area (Å²) in [5, 5.41) is 0. The van der Waals surface area contributed by atoms with Crippen molar-refractivity contribution in [1.29, 1.82) is 0 Å². The summed E-state index contributed by atoms with van der Waals surface area (Å²) in [5.74, 6) is -0.275. The molecule has 0 heterocycles. The van der Waals surface area contributed by atoms with Gasteiger partial charge in [0.15, 0.2) is 11.6 Å². The topological polar surface area (TPSA) is 34.1 Å². The SMILES string of the molecule is CC1=CC=C(C(=O)c2ccccc2)C(=O)C1. The van der Waals surface area contributed by atoms with E-state index >= 15 is 0 Å². The Morgan fingerprint density at radius 1 is 1.12 bits per heavy atom. The van der Waals surface area contributed by atoms with Gasteiger partial charge in [0.25, 0.3) is 0 Å². The maximum absolute atomic E-state index is 12.0. The van der Waals surface area contributed by atoms with Crippen LogP contribution in [0.25, 0.3) is 0 Å². The molecule has 2 rings (SSSR count). The van der Waals surface area contributed by atoms with E-state index in [0.29, 0.717) is 12.0 Å². The van der Waals surface area contributed by atoms with Crippen molar-refractivity contribution in [1.82, 2.24) is 0 Å². The van der Waals surface area contributed by atoms with Gasteiger partial charge in [-0.1, -0.05) is 42.0 Å². The predicted octanol–water partition coefficient (Wildman–Crippen LogP) is 2.71. The van der Waals surface area contributed by atoms with Crippen LogP contribution >= 0.6 is 0 Å². The van der Waals surface area contributed by atoms with Crippen molar-refractivity contribution in [2.24, 2.45) is 0 Å². The largest absolute Gasteiger partial charge is 0.294 e. The minimum Gasteiger partial charge on any atom is -0.294 e. The molecule has 80 valence electrons. The predicted molar refractivity (Wildman–Crippen MR) is 62.2 cm³/mol. The molecule has 1 aromatic rings. The number of rotatable bonds is 2. The second-order valence-corrected chi connectivity index (χ2v) is 3.89. The lowest BCUT2D eigenvalue weighted by Gasteiger charge is -2.09. The minimum atomic E-state index is -0.186.